The van der Waals surface area contributed by atoms with Crippen molar-refractivity contribution in [3.8, 4) is 5.75 Å². The van der Waals surface area contributed by atoms with Crippen molar-refractivity contribution in [1.29, 1.82) is 0 Å². The fourth-order valence-corrected chi connectivity index (χ4v) is 3.14. The number of para-hydroxylation sites is 2. The van der Waals surface area contributed by atoms with E-state index < -0.39 is 5.97 Å². The zero-order chi connectivity index (χ0) is 19.2. The lowest BCUT2D eigenvalue weighted by Gasteiger charge is -2.17. The number of hydrogen-bond donors (Lipinski definition) is 2. The molecule has 8 heteroatoms. The summed E-state index contributed by atoms with van der Waals surface area (Å²) in [6.45, 7) is 1.22. The first-order valence-corrected chi connectivity index (χ1v) is 8.96. The molecular weight excluding hydrogens is 352 g/mol. The Morgan fingerprint density at radius 3 is 2.93 bits per heavy atom. The van der Waals surface area contributed by atoms with E-state index in [1.54, 1.807) is 12.1 Å². The molecule has 146 valence electrons. The predicted molar refractivity (Wildman–Crippen MR) is 97.2 cm³/mol. The molecule has 0 aromatic heterocycles. The lowest BCUT2D eigenvalue weighted by molar-refractivity contribution is -0.136. The molecule has 2 aliphatic rings. The van der Waals surface area contributed by atoms with E-state index in [-0.39, 0.29) is 43.0 Å². The van der Waals surface area contributed by atoms with Gasteiger partial charge in [0.05, 0.1) is 37.6 Å². The van der Waals surface area contributed by atoms with Crippen molar-refractivity contribution in [2.24, 2.45) is 0 Å². The summed E-state index contributed by atoms with van der Waals surface area (Å²) < 4.78 is 16.2. The first kappa shape index (κ1) is 19.2. The first-order valence-electron chi connectivity index (χ1n) is 8.96. The van der Waals surface area contributed by atoms with Crippen LogP contribution in [0.1, 0.15) is 12.8 Å². The average molecular weight is 376 g/mol. The number of anilines is 1. The van der Waals surface area contributed by atoms with Crippen LogP contribution in [0.4, 0.5) is 5.69 Å². The molecule has 27 heavy (non-hydrogen) atoms. The number of ether oxygens (including phenoxy) is 3. The number of β-amino-alcohol motifs (C(OH)–C–C–N with tert-alkyl or cyclic N) is 1. The van der Waals surface area contributed by atoms with Crippen LogP contribution in [0, 0.1) is 0 Å². The molecule has 1 saturated heterocycles. The highest BCUT2D eigenvalue weighted by atomic mass is 16.5. The molecule has 3 rings (SSSR count). The van der Waals surface area contributed by atoms with Crippen molar-refractivity contribution in [1.82, 2.24) is 4.90 Å². The van der Waals surface area contributed by atoms with Crippen LogP contribution in [0.2, 0.25) is 0 Å². The standard InChI is InChI=1S/C19H24N2O6/c1-25-19(24)14-11-21(8-9-22)18(23)17(14)20-15-6-2-3-7-16(15)27-12-13-5-4-10-26-13/h2-3,6-7,13,20,22H,4-5,8-12H2,1H3. The molecule has 0 radical (unpaired) electrons. The Morgan fingerprint density at radius 2 is 2.22 bits per heavy atom. The van der Waals surface area contributed by atoms with Crippen LogP contribution < -0.4 is 10.1 Å². The summed E-state index contributed by atoms with van der Waals surface area (Å²) in [6, 6.07) is 7.21. The first-order chi connectivity index (χ1) is 13.1. The van der Waals surface area contributed by atoms with Gasteiger partial charge < -0.3 is 29.5 Å². The van der Waals surface area contributed by atoms with E-state index in [0.29, 0.717) is 18.0 Å². The highest BCUT2D eigenvalue weighted by molar-refractivity contribution is 6.08. The SMILES string of the molecule is COC(=O)C1=C(Nc2ccccc2OCC2CCCO2)C(=O)N(CCO)C1. The number of hydrogen-bond acceptors (Lipinski definition) is 7. The zero-order valence-corrected chi connectivity index (χ0v) is 15.3. The quantitative estimate of drug-likeness (QED) is 0.651. The number of nitrogens with one attached hydrogen (secondary N) is 1. The number of amides is 1. The molecule has 1 aromatic carbocycles. The molecule has 1 fully saturated rings. The van der Waals surface area contributed by atoms with E-state index >= 15 is 0 Å². The average Bonchev–Trinajstić information content (AvgIpc) is 3.31. The van der Waals surface area contributed by atoms with Gasteiger partial charge >= 0.3 is 5.97 Å². The van der Waals surface area contributed by atoms with Crippen LogP contribution in [0.15, 0.2) is 35.5 Å². The molecule has 1 aromatic rings. The molecule has 0 spiro atoms. The molecule has 1 unspecified atom stereocenters. The monoisotopic (exact) mass is 376 g/mol. The van der Waals surface area contributed by atoms with E-state index in [1.807, 2.05) is 12.1 Å². The third-order valence-electron chi connectivity index (χ3n) is 4.55. The van der Waals surface area contributed by atoms with Crippen molar-refractivity contribution in [2.45, 2.75) is 18.9 Å². The molecule has 1 amide bonds. The minimum atomic E-state index is -0.580. The Bertz CT molecular complexity index is 727. The van der Waals surface area contributed by atoms with Crippen molar-refractivity contribution in [2.75, 3.05) is 45.3 Å². The zero-order valence-electron chi connectivity index (χ0n) is 15.3. The van der Waals surface area contributed by atoms with Gasteiger partial charge in [-0.1, -0.05) is 12.1 Å². The van der Waals surface area contributed by atoms with Gasteiger partial charge in [0, 0.05) is 13.2 Å². The smallest absolute Gasteiger partial charge is 0.337 e. The summed E-state index contributed by atoms with van der Waals surface area (Å²) in [5.41, 5.74) is 0.944. The summed E-state index contributed by atoms with van der Waals surface area (Å²) in [6.07, 6.45) is 2.05. The fourth-order valence-electron chi connectivity index (χ4n) is 3.14. The molecule has 2 heterocycles. The van der Waals surface area contributed by atoms with E-state index in [4.69, 9.17) is 19.3 Å². The lowest BCUT2D eigenvalue weighted by Crippen LogP contribution is -2.31. The molecule has 0 aliphatic carbocycles. The molecule has 8 nitrogen and oxygen atoms in total. The largest absolute Gasteiger partial charge is 0.489 e. The third-order valence-corrected chi connectivity index (χ3v) is 4.55. The number of benzene rings is 1. The Hall–Kier alpha value is -2.58. The van der Waals surface area contributed by atoms with Gasteiger partial charge in [-0.05, 0) is 25.0 Å². The number of nitrogens with zero attached hydrogens (tertiary/aromatic N) is 1. The summed E-state index contributed by atoms with van der Waals surface area (Å²) in [4.78, 5) is 26.1. The van der Waals surface area contributed by atoms with Crippen LogP contribution >= 0.6 is 0 Å². The molecule has 0 bridgehead atoms. The molecular formula is C19H24N2O6. The number of methoxy groups -OCH3 is 1. The Morgan fingerprint density at radius 1 is 1.41 bits per heavy atom. The maximum absolute atomic E-state index is 12.6. The van der Waals surface area contributed by atoms with Crippen LogP contribution in [-0.4, -0.2) is 68.0 Å². The van der Waals surface area contributed by atoms with Crippen molar-refractivity contribution in [3.63, 3.8) is 0 Å². The molecule has 2 N–H and O–H groups in total. The number of carbonyl (C=O) groups excluding carboxylic acids is 2. The number of rotatable bonds is 8. The maximum atomic E-state index is 12.6. The van der Waals surface area contributed by atoms with Crippen LogP contribution in [0.5, 0.6) is 5.75 Å². The highest BCUT2D eigenvalue weighted by Crippen LogP contribution is 2.29. The Kier molecular flexibility index (Phi) is 6.31. The van der Waals surface area contributed by atoms with Crippen LogP contribution in [0.25, 0.3) is 0 Å². The van der Waals surface area contributed by atoms with Gasteiger partial charge in [-0.15, -0.1) is 0 Å². The molecule has 1 atom stereocenters. The van der Waals surface area contributed by atoms with Crippen molar-refractivity contribution < 1.29 is 28.9 Å². The van der Waals surface area contributed by atoms with Crippen molar-refractivity contribution in [3.05, 3.63) is 35.5 Å². The van der Waals surface area contributed by atoms with Gasteiger partial charge in [0.25, 0.3) is 5.91 Å². The van der Waals surface area contributed by atoms with Crippen LogP contribution in [0.3, 0.4) is 0 Å². The third kappa shape index (κ3) is 4.40. The van der Waals surface area contributed by atoms with E-state index in [2.05, 4.69) is 5.32 Å². The van der Waals surface area contributed by atoms with Gasteiger partial charge in [0.2, 0.25) is 0 Å². The summed E-state index contributed by atoms with van der Waals surface area (Å²) >= 11 is 0. The number of esters is 1. The number of aliphatic hydroxyl groups excluding tert-OH is 1. The maximum Gasteiger partial charge on any atom is 0.337 e. The summed E-state index contributed by atoms with van der Waals surface area (Å²) in [7, 11) is 1.27. The number of carbonyl (C=O) groups is 2. The Balaban J connectivity index is 1.79. The normalized spacial score (nSPS) is 19.6. The molecule has 0 saturated carbocycles. The second-order valence-electron chi connectivity index (χ2n) is 6.36. The Labute approximate surface area is 157 Å². The second-order valence-corrected chi connectivity index (χ2v) is 6.36. The van der Waals surface area contributed by atoms with Gasteiger partial charge in [-0.2, -0.15) is 0 Å². The minimum absolute atomic E-state index is 0.0658. The van der Waals surface area contributed by atoms with E-state index in [0.717, 1.165) is 19.4 Å². The van der Waals surface area contributed by atoms with Gasteiger partial charge in [-0.25, -0.2) is 4.79 Å². The van der Waals surface area contributed by atoms with E-state index in [9.17, 15) is 9.59 Å². The highest BCUT2D eigenvalue weighted by Gasteiger charge is 2.34. The summed E-state index contributed by atoms with van der Waals surface area (Å²) in [5, 5.41) is 12.2. The van der Waals surface area contributed by atoms with E-state index in [1.165, 1.54) is 12.0 Å². The topological polar surface area (TPSA) is 97.3 Å². The number of aliphatic hydroxyl groups is 1. The van der Waals surface area contributed by atoms with Gasteiger partial charge in [0.1, 0.15) is 18.1 Å². The van der Waals surface area contributed by atoms with Gasteiger partial charge in [-0.3, -0.25) is 4.79 Å². The predicted octanol–water partition coefficient (Wildman–Crippen LogP) is 0.918. The second kappa shape index (κ2) is 8.88. The lowest BCUT2D eigenvalue weighted by atomic mass is 10.2. The minimum Gasteiger partial charge on any atom is -0.489 e. The molecule has 2 aliphatic heterocycles. The summed E-state index contributed by atoms with van der Waals surface area (Å²) in [5.74, 6) is -0.374. The van der Waals surface area contributed by atoms with Crippen molar-refractivity contribution >= 4 is 17.6 Å². The fraction of sp³-hybridized carbons (Fsp3) is 0.474. The van der Waals surface area contributed by atoms with Gasteiger partial charge in [0.15, 0.2) is 0 Å². The van der Waals surface area contributed by atoms with Crippen LogP contribution in [-0.2, 0) is 19.1 Å².